The fraction of sp³-hybridized carbons (Fsp3) is 0. The number of carbonyl (C=O) groups excluding carboxylic acids is 3. The predicted molar refractivity (Wildman–Crippen MR) is 235 cm³/mol. The Morgan fingerprint density at radius 3 is 1.09 bits per heavy atom. The van der Waals surface area contributed by atoms with E-state index in [0.717, 1.165) is 36.4 Å². The van der Waals surface area contributed by atoms with E-state index in [0.29, 0.717) is 21.5 Å². The summed E-state index contributed by atoms with van der Waals surface area (Å²) < 4.78 is 142. The number of benzene rings is 6. The molecule has 0 spiro atoms. The molecule has 29 heteroatoms. The van der Waals surface area contributed by atoms with E-state index in [9.17, 15) is 66.3 Å². The number of hydrogen-bond acceptors (Lipinski definition) is 19. The van der Waals surface area contributed by atoms with Crippen LogP contribution in [0.2, 0.25) is 0 Å². The molecule has 0 atom stereocenters. The van der Waals surface area contributed by atoms with E-state index in [-0.39, 0.29) is 120 Å². The number of fused-ring (bicyclic) bond motifs is 4. The number of nitrogens with zero attached hydrogens (tertiary/aromatic N) is 2. The third-order valence-corrected chi connectivity index (χ3v) is 13.3. The topological polar surface area (TPSA) is 353 Å². The first-order valence-corrected chi connectivity index (χ1v) is 24.0. The van der Waals surface area contributed by atoms with Crippen LogP contribution in [0.5, 0.6) is 0 Å². The molecule has 0 aliphatic heterocycles. The molecule has 2 aliphatic rings. The molecule has 0 saturated carbocycles. The standard InChI is InChI=1S/C41H28N6O15S4.4Li/c48-39-33-11-7-27(15-25(33)19-35(65(57,58)59)37(39)46-44-29-5-1-23-17-31(63(51,52)53)9-3-21(23)13-29)42-41(50)43-28-8-12-34-26(16-28)20-36(66(60,61)62)38(40(34)49)47-45-30-6-2-24-18-32(64(54,55)56)10-4-22(24)14-30;;;;/h1-20,44-45H,(H2,42,43,50)(H,51,52,53)(H,54,55,56)(H,57,58,59)(H,60,61,62);;;;/q;4*+1/p-4/b46-37-,47-38-;;;;. The van der Waals surface area contributed by atoms with Crippen molar-refractivity contribution in [2.24, 2.45) is 10.2 Å². The van der Waals surface area contributed by atoms with E-state index in [1.807, 2.05) is 0 Å². The van der Waals surface area contributed by atoms with Crippen LogP contribution in [0.15, 0.2) is 139 Å². The van der Waals surface area contributed by atoms with Crippen molar-refractivity contribution < 1.29 is 142 Å². The number of allylic oxidation sites excluding steroid dienone is 2. The number of carbonyl (C=O) groups is 3. The second-order valence-corrected chi connectivity index (χ2v) is 19.7. The van der Waals surface area contributed by atoms with Gasteiger partial charge in [-0.25, -0.2) is 38.5 Å². The molecule has 0 heterocycles. The van der Waals surface area contributed by atoms with Crippen LogP contribution in [0.25, 0.3) is 33.7 Å². The fourth-order valence-electron chi connectivity index (χ4n) is 6.86. The molecule has 6 aromatic carbocycles. The van der Waals surface area contributed by atoms with Crippen molar-refractivity contribution in [3.05, 3.63) is 141 Å². The van der Waals surface area contributed by atoms with Crippen LogP contribution >= 0.6 is 0 Å². The summed E-state index contributed by atoms with van der Waals surface area (Å²) in [4.78, 5) is 37.2. The van der Waals surface area contributed by atoms with Crippen LogP contribution in [0.1, 0.15) is 31.8 Å². The monoisotopic (exact) mass is 996 g/mol. The zero-order valence-corrected chi connectivity index (χ0v) is 40.0. The van der Waals surface area contributed by atoms with Gasteiger partial charge >= 0.3 is 81.5 Å². The molecule has 0 radical (unpaired) electrons. The van der Waals surface area contributed by atoms with Gasteiger partial charge in [0.05, 0.1) is 31.0 Å². The average Bonchev–Trinajstić information content (AvgIpc) is 3.23. The SMILES string of the molecule is O=C(Nc1ccc2c(c1)C=C(S(=O)(=O)[O-])/C(=N/Nc1ccc3cc(S(=O)(=O)[O-])ccc3c1)C2=O)Nc1ccc2c(c1)C=C(S(=O)(=O)[O-])/C(=N/Nc1ccc3cc(S(=O)(=O)[O-])ccc3c1)C2=O.[Li+].[Li+].[Li+].[Li+]. The van der Waals surface area contributed by atoms with Crippen LogP contribution in [-0.2, 0) is 40.5 Å². The Morgan fingerprint density at radius 2 is 0.743 bits per heavy atom. The summed E-state index contributed by atoms with van der Waals surface area (Å²) in [6.07, 6.45) is 1.78. The van der Waals surface area contributed by atoms with Crippen LogP contribution < -0.4 is 96.9 Å². The van der Waals surface area contributed by atoms with Crippen LogP contribution in [0.4, 0.5) is 27.5 Å². The number of ketones is 2. The number of Topliss-reactive ketones (excluding diaryl/α,β-unsaturated/α-hetero) is 2. The molecule has 2 aliphatic carbocycles. The smallest absolute Gasteiger partial charge is 0.744 e. The molecule has 2 amide bonds. The van der Waals surface area contributed by atoms with Gasteiger partial charge in [-0.2, -0.15) is 10.2 Å². The molecule has 0 bridgehead atoms. The second-order valence-electron chi connectivity index (χ2n) is 14.3. The van der Waals surface area contributed by atoms with E-state index >= 15 is 0 Å². The van der Waals surface area contributed by atoms with Gasteiger partial charge in [-0.15, -0.1) is 0 Å². The van der Waals surface area contributed by atoms with Crippen molar-refractivity contribution in [2.75, 3.05) is 21.5 Å². The van der Waals surface area contributed by atoms with Crippen LogP contribution in [0, 0.1) is 0 Å². The van der Waals surface area contributed by atoms with Crippen molar-refractivity contribution in [1.82, 2.24) is 0 Å². The minimum absolute atomic E-state index is 0. The quantitative estimate of drug-likeness (QED) is 0.0563. The Kier molecular flexibility index (Phi) is 17.8. The Labute approximate surface area is 446 Å². The minimum Gasteiger partial charge on any atom is -0.744 e. The fourth-order valence-corrected chi connectivity index (χ4v) is 9.16. The largest absolute Gasteiger partial charge is 1.00 e. The first-order valence-electron chi connectivity index (χ1n) is 18.4. The normalized spacial score (nSPS) is 14.6. The zero-order chi connectivity index (χ0) is 47.5. The summed E-state index contributed by atoms with van der Waals surface area (Å²) in [6.45, 7) is 0. The van der Waals surface area contributed by atoms with E-state index in [4.69, 9.17) is 0 Å². The maximum Gasteiger partial charge on any atom is 1.00 e. The summed E-state index contributed by atoms with van der Waals surface area (Å²) in [5.74, 6) is -1.94. The van der Waals surface area contributed by atoms with E-state index in [1.165, 1.54) is 84.9 Å². The van der Waals surface area contributed by atoms with Crippen molar-refractivity contribution in [3.63, 3.8) is 0 Å². The third kappa shape index (κ3) is 12.5. The number of rotatable bonds is 10. The maximum absolute atomic E-state index is 13.5. The summed E-state index contributed by atoms with van der Waals surface area (Å²) >= 11 is 0. The van der Waals surface area contributed by atoms with Crippen molar-refractivity contribution >= 4 is 126 Å². The molecule has 21 nitrogen and oxygen atoms in total. The van der Waals surface area contributed by atoms with Gasteiger partial charge in [0, 0.05) is 22.5 Å². The van der Waals surface area contributed by atoms with Gasteiger partial charge in [0.15, 0.2) is 0 Å². The number of anilines is 4. The Hall–Kier alpha value is -5.10. The molecule has 0 unspecified atom stereocenters. The molecule has 70 heavy (non-hydrogen) atoms. The summed E-state index contributed by atoms with van der Waals surface area (Å²) in [6, 6.07) is 22.3. The molecular formula is C41H24Li4N6O15S4. The van der Waals surface area contributed by atoms with Gasteiger partial charge in [-0.1, -0.05) is 24.3 Å². The number of urea groups is 1. The molecule has 0 aromatic heterocycles. The molecule has 6 aromatic rings. The molecule has 0 saturated heterocycles. The summed E-state index contributed by atoms with van der Waals surface area (Å²) in [5.41, 5.74) is 3.57. The summed E-state index contributed by atoms with van der Waals surface area (Å²) in [7, 11) is -20.1. The molecular weight excluding hydrogens is 973 g/mol. The van der Waals surface area contributed by atoms with Crippen molar-refractivity contribution in [2.45, 2.75) is 9.79 Å². The van der Waals surface area contributed by atoms with Gasteiger partial charge in [0.2, 0.25) is 11.6 Å². The Morgan fingerprint density at radius 1 is 0.414 bits per heavy atom. The van der Waals surface area contributed by atoms with E-state index in [1.54, 1.807) is 0 Å². The van der Waals surface area contributed by atoms with Gasteiger partial charge in [0.1, 0.15) is 51.9 Å². The molecule has 4 N–H and O–H groups in total. The second kappa shape index (κ2) is 21.7. The predicted octanol–water partition coefficient (Wildman–Crippen LogP) is -7.44. The molecule has 336 valence electrons. The Balaban J connectivity index is 0.00000266. The molecule has 0 fully saturated rings. The van der Waals surface area contributed by atoms with Gasteiger partial charge in [-0.05, 0) is 130 Å². The minimum atomic E-state index is -5.33. The third-order valence-electron chi connectivity index (χ3n) is 9.91. The number of amides is 2. The van der Waals surface area contributed by atoms with E-state index in [2.05, 4.69) is 31.7 Å². The Bertz CT molecular complexity index is 3550. The zero-order valence-electron chi connectivity index (χ0n) is 36.7. The maximum atomic E-state index is 13.5. The van der Waals surface area contributed by atoms with Gasteiger partial charge in [0.25, 0.3) is 0 Å². The van der Waals surface area contributed by atoms with Crippen LogP contribution in [0.3, 0.4) is 0 Å². The molecule has 8 rings (SSSR count). The van der Waals surface area contributed by atoms with E-state index < -0.39 is 89.1 Å². The number of hydrazone groups is 2. The summed E-state index contributed by atoms with van der Waals surface area (Å²) in [5, 5.41) is 14.4. The number of nitrogens with one attached hydrogen (secondary N) is 4. The first kappa shape index (κ1) is 57.5. The average molecular weight is 997 g/mol. The van der Waals surface area contributed by atoms with Crippen molar-refractivity contribution in [3.8, 4) is 0 Å². The van der Waals surface area contributed by atoms with Crippen molar-refractivity contribution in [1.29, 1.82) is 0 Å². The van der Waals surface area contributed by atoms with Gasteiger partial charge < -0.3 is 28.8 Å². The van der Waals surface area contributed by atoms with Gasteiger partial charge in [-0.3, -0.25) is 20.4 Å². The number of hydrogen-bond donors (Lipinski definition) is 4. The van der Waals surface area contributed by atoms with Crippen LogP contribution in [-0.4, -0.2) is 80.9 Å². The first-order chi connectivity index (χ1) is 30.9.